The second-order valence-corrected chi connectivity index (χ2v) is 8.32. The van der Waals surface area contributed by atoms with Crippen LogP contribution in [0.4, 0.5) is 0 Å². The second-order valence-electron chi connectivity index (χ2n) is 5.08. The van der Waals surface area contributed by atoms with E-state index >= 15 is 0 Å². The van der Waals surface area contributed by atoms with Gasteiger partial charge >= 0.3 is 20.8 Å². The summed E-state index contributed by atoms with van der Waals surface area (Å²) in [6.07, 6.45) is 7.00. The summed E-state index contributed by atoms with van der Waals surface area (Å²) in [5.74, 6) is 0.0667. The number of fused-ring (bicyclic) bond motifs is 1. The van der Waals surface area contributed by atoms with Crippen LogP contribution in [0.25, 0.3) is 16.0 Å². The average molecular weight is 335 g/mol. The van der Waals surface area contributed by atoms with E-state index in [9.17, 15) is 8.42 Å². The van der Waals surface area contributed by atoms with Crippen LogP contribution in [0.3, 0.4) is 0 Å². The van der Waals surface area contributed by atoms with E-state index in [-0.39, 0.29) is 5.75 Å². The molecule has 0 saturated carbocycles. The molecule has 0 unspecified atom stereocenters. The smallest absolute Gasteiger partial charge is 0.355 e. The Morgan fingerprint density at radius 1 is 1.41 bits per heavy atom. The summed E-state index contributed by atoms with van der Waals surface area (Å²) >= 11 is 1.48. The van der Waals surface area contributed by atoms with Crippen LogP contribution in [-0.4, -0.2) is 19.2 Å². The van der Waals surface area contributed by atoms with E-state index in [0.29, 0.717) is 10.6 Å². The molecule has 0 spiro atoms. The molecule has 0 saturated heterocycles. The largest absolute Gasteiger partial charge is 0.490 e. The van der Waals surface area contributed by atoms with Crippen LogP contribution in [0.1, 0.15) is 12.5 Å². The zero-order valence-corrected chi connectivity index (χ0v) is 14.0. The van der Waals surface area contributed by atoms with Crippen molar-refractivity contribution < 1.29 is 12.7 Å². The van der Waals surface area contributed by atoms with Gasteiger partial charge in [0.2, 0.25) is 0 Å². The first-order valence-electron chi connectivity index (χ1n) is 6.85. The second kappa shape index (κ2) is 5.33. The lowest BCUT2D eigenvalue weighted by Gasteiger charge is -2.11. The number of aryl methyl sites for hydroxylation is 1. The highest BCUT2D eigenvalue weighted by Gasteiger charge is 2.28. The number of hydrogen-bond acceptors (Lipinski definition) is 3. The van der Waals surface area contributed by atoms with Crippen LogP contribution in [0.15, 0.2) is 35.5 Å². The lowest BCUT2D eigenvalue weighted by molar-refractivity contribution is -0.465. The molecule has 0 fully saturated rings. The fraction of sp³-hybridized carbons (Fsp3) is 0.200. The number of nitrogens with one attached hydrogen (secondary N) is 2. The highest BCUT2D eigenvalue weighted by atomic mass is 32.2. The van der Waals surface area contributed by atoms with Gasteiger partial charge in [-0.3, -0.25) is 4.98 Å². The number of sulfone groups is 1. The first-order chi connectivity index (χ1) is 10.4. The monoisotopic (exact) mass is 335 g/mol. The molecule has 2 N–H and O–H groups in total. The standard InChI is InChI=1S/C15H17N3O2S2/c1-4-22(19,20)12-6-5-7-16-13(12)14-17-11-8-10(2)9-18(3)15(11)21-14/h5-9,16-17H,3-4H2,1-2H3/q+2. The quantitative estimate of drug-likeness (QED) is 0.642. The molecule has 3 heterocycles. The number of hydrogen-bond donors (Lipinski definition) is 2. The molecule has 5 nitrogen and oxygen atoms in total. The molecule has 0 aliphatic carbocycles. The van der Waals surface area contributed by atoms with Gasteiger partial charge in [0.15, 0.2) is 21.6 Å². The van der Waals surface area contributed by atoms with Crippen molar-refractivity contribution in [2.24, 2.45) is 0 Å². The molecule has 2 aromatic rings. The molecular weight excluding hydrogens is 318 g/mol. The van der Waals surface area contributed by atoms with Crippen LogP contribution < -0.4 is 14.2 Å². The third-order valence-corrected chi connectivity index (χ3v) is 6.36. The van der Waals surface area contributed by atoms with E-state index in [1.54, 1.807) is 29.5 Å². The molecule has 0 radical (unpaired) electrons. The molecule has 7 heteroatoms. The number of aromatic amines is 1. The number of dihydropyridines is 1. The summed E-state index contributed by atoms with van der Waals surface area (Å²) in [7, 11) is -3.30. The number of H-pyrrole nitrogens is 1. The van der Waals surface area contributed by atoms with Crippen LogP contribution in [0.2, 0.25) is 0 Å². The summed E-state index contributed by atoms with van der Waals surface area (Å²) < 4.78 is 27.1. The molecular formula is C15H17N3O2S2+2. The van der Waals surface area contributed by atoms with Crippen molar-refractivity contribution in [3.8, 4) is 0 Å². The molecule has 3 rings (SSSR count). The van der Waals surface area contributed by atoms with E-state index in [2.05, 4.69) is 17.0 Å². The lowest BCUT2D eigenvalue weighted by Crippen LogP contribution is -2.24. The van der Waals surface area contributed by atoms with Crippen LogP contribution >= 0.6 is 11.3 Å². The van der Waals surface area contributed by atoms with Gasteiger partial charge in [-0.15, -0.1) is 4.24 Å². The number of nitrogens with zero attached hydrogens (tertiary/aromatic N) is 1. The van der Waals surface area contributed by atoms with Gasteiger partial charge < -0.3 is 5.32 Å². The normalized spacial score (nSPS) is 17.5. The third kappa shape index (κ3) is 2.46. The molecule has 0 atom stereocenters. The van der Waals surface area contributed by atoms with Crippen molar-refractivity contribution in [1.82, 2.24) is 10.3 Å². The first-order valence-corrected chi connectivity index (χ1v) is 9.32. The Bertz CT molecular complexity index is 1030. The van der Waals surface area contributed by atoms with E-state index < -0.39 is 9.84 Å². The Labute approximate surface area is 132 Å². The number of thiazole rings is 1. The minimum absolute atomic E-state index is 0.0667. The van der Waals surface area contributed by atoms with Crippen molar-refractivity contribution >= 4 is 37.2 Å². The summed E-state index contributed by atoms with van der Waals surface area (Å²) in [6.45, 7) is 7.62. The van der Waals surface area contributed by atoms with Gasteiger partial charge in [0.1, 0.15) is 12.4 Å². The molecule has 1 aliphatic rings. The Kier molecular flexibility index (Phi) is 3.62. The molecule has 0 amide bonds. The fourth-order valence-electron chi connectivity index (χ4n) is 2.36. The van der Waals surface area contributed by atoms with Crippen LogP contribution in [-0.2, 0) is 9.84 Å². The summed E-state index contributed by atoms with van der Waals surface area (Å²) in [6, 6.07) is 2.02. The summed E-state index contributed by atoms with van der Waals surface area (Å²) in [5.41, 5.74) is 2.61. The van der Waals surface area contributed by atoms with Gasteiger partial charge in [-0.25, -0.2) is 8.42 Å². The van der Waals surface area contributed by atoms with Crippen molar-refractivity contribution in [1.29, 1.82) is 0 Å². The number of rotatable bonds is 2. The van der Waals surface area contributed by atoms with Crippen molar-refractivity contribution in [2.45, 2.75) is 13.8 Å². The van der Waals surface area contributed by atoms with Gasteiger partial charge in [-0.1, -0.05) is 6.92 Å². The number of aromatic nitrogens is 2. The Morgan fingerprint density at radius 3 is 2.91 bits per heavy atom. The summed E-state index contributed by atoms with van der Waals surface area (Å²) in [5, 5.41) is 3.06. The zero-order valence-electron chi connectivity index (χ0n) is 12.4. The highest BCUT2D eigenvalue weighted by Crippen LogP contribution is 2.20. The van der Waals surface area contributed by atoms with Gasteiger partial charge in [0.05, 0.1) is 10.7 Å². The topological polar surface area (TPSA) is 67.9 Å². The Balaban J connectivity index is 2.34. The minimum atomic E-state index is -3.30. The fourth-order valence-corrected chi connectivity index (χ4v) is 4.51. The maximum Gasteiger partial charge on any atom is 0.490 e. The minimum Gasteiger partial charge on any atom is -0.355 e. The highest BCUT2D eigenvalue weighted by molar-refractivity contribution is 7.95. The maximum absolute atomic E-state index is 12.3. The van der Waals surface area contributed by atoms with Crippen molar-refractivity contribution in [2.75, 3.05) is 5.75 Å². The third-order valence-electron chi connectivity index (χ3n) is 3.43. The van der Waals surface area contributed by atoms with E-state index in [0.717, 1.165) is 20.6 Å². The van der Waals surface area contributed by atoms with E-state index in [1.165, 1.54) is 11.3 Å². The molecule has 0 aromatic carbocycles. The van der Waals surface area contributed by atoms with Crippen molar-refractivity contribution in [3.05, 3.63) is 52.5 Å². The first kappa shape index (κ1) is 14.9. The molecule has 0 bridgehead atoms. The Hall–Kier alpha value is -1.99. The van der Waals surface area contributed by atoms with Crippen LogP contribution in [0, 0.1) is 13.6 Å². The van der Waals surface area contributed by atoms with Crippen LogP contribution in [0.5, 0.6) is 0 Å². The van der Waals surface area contributed by atoms with Crippen molar-refractivity contribution in [3.63, 3.8) is 0 Å². The van der Waals surface area contributed by atoms with E-state index in [1.807, 2.05) is 19.2 Å². The molecule has 22 heavy (non-hydrogen) atoms. The zero-order chi connectivity index (χ0) is 15.9. The molecule has 2 aromatic heterocycles. The molecule has 114 valence electrons. The molecule has 1 aliphatic heterocycles. The van der Waals surface area contributed by atoms with Gasteiger partial charge in [-0.05, 0) is 25.1 Å². The van der Waals surface area contributed by atoms with Gasteiger partial charge in [-0.2, -0.15) is 0 Å². The number of allylic oxidation sites excluding steroid dienone is 2. The van der Waals surface area contributed by atoms with Gasteiger partial charge in [0.25, 0.3) is 0 Å². The summed E-state index contributed by atoms with van der Waals surface area (Å²) in [4.78, 5) is 4.56. The van der Waals surface area contributed by atoms with E-state index in [4.69, 9.17) is 0 Å². The predicted molar refractivity (Wildman–Crippen MR) is 89.1 cm³/mol. The number of pyridine rings is 1. The SMILES string of the molecule is C=[n+]1cc(C)cc2[nH]c(=C3NC=CC=C3S(=O)(=O)CC)[s+]c21. The van der Waals surface area contributed by atoms with Gasteiger partial charge in [0, 0.05) is 11.8 Å². The Morgan fingerprint density at radius 2 is 2.18 bits per heavy atom. The average Bonchev–Trinajstić information content (AvgIpc) is 2.91. The maximum atomic E-state index is 12.3. The lowest BCUT2D eigenvalue weighted by atomic mass is 10.3. The predicted octanol–water partition coefficient (Wildman–Crippen LogP) is 1.29.